The van der Waals surface area contributed by atoms with Gasteiger partial charge in [0.15, 0.2) is 0 Å². The van der Waals surface area contributed by atoms with Gasteiger partial charge >= 0.3 is 0 Å². The van der Waals surface area contributed by atoms with Crippen LogP contribution in [-0.4, -0.2) is 73.4 Å². The van der Waals surface area contributed by atoms with Gasteiger partial charge in [0.25, 0.3) is 0 Å². The number of likely N-dealkylation sites (tertiary alicyclic amines) is 1. The lowest BCUT2D eigenvalue weighted by molar-refractivity contribution is -0.0787. The number of nitrogens with zero attached hydrogens (tertiary/aromatic N) is 3. The number of likely N-dealkylation sites (N-methyl/N-ethyl adjacent to an activating group) is 1. The molecule has 122 valence electrons. The van der Waals surface area contributed by atoms with Crippen LogP contribution < -0.4 is 0 Å². The van der Waals surface area contributed by atoms with Crippen LogP contribution in [0.15, 0.2) is 24.5 Å². The molecule has 5 nitrogen and oxygen atoms in total. The van der Waals surface area contributed by atoms with E-state index in [-0.39, 0.29) is 12.2 Å². The molecule has 0 radical (unpaired) electrons. The van der Waals surface area contributed by atoms with E-state index in [1.165, 1.54) is 12.0 Å². The molecule has 0 bridgehead atoms. The number of fused-ring (bicyclic) bond motifs is 1. The Bertz CT molecular complexity index is 454. The minimum absolute atomic E-state index is 0.196. The average molecular weight is 305 g/mol. The van der Waals surface area contributed by atoms with E-state index in [1.807, 2.05) is 18.5 Å². The van der Waals surface area contributed by atoms with Gasteiger partial charge in [-0.15, -0.1) is 0 Å². The van der Waals surface area contributed by atoms with Gasteiger partial charge in [-0.2, -0.15) is 0 Å². The fraction of sp³-hybridized carbons (Fsp3) is 0.706. The average Bonchev–Trinajstić information content (AvgIpc) is 2.86. The molecule has 3 atom stereocenters. The summed E-state index contributed by atoms with van der Waals surface area (Å²) in [5.74, 6) is 0. The number of aromatic nitrogens is 1. The summed E-state index contributed by atoms with van der Waals surface area (Å²) in [5, 5.41) is 0. The summed E-state index contributed by atoms with van der Waals surface area (Å²) in [6.07, 6.45) is 6.56. The molecule has 1 aromatic rings. The van der Waals surface area contributed by atoms with Crippen molar-refractivity contribution in [1.82, 2.24) is 14.8 Å². The topological polar surface area (TPSA) is 37.8 Å². The van der Waals surface area contributed by atoms with E-state index >= 15 is 0 Å². The predicted octanol–water partition coefficient (Wildman–Crippen LogP) is 1.39. The van der Waals surface area contributed by atoms with Crippen molar-refractivity contribution in [2.45, 2.75) is 37.6 Å². The van der Waals surface area contributed by atoms with E-state index < -0.39 is 0 Å². The maximum atomic E-state index is 6.13. The van der Waals surface area contributed by atoms with E-state index in [0.29, 0.717) is 6.04 Å². The van der Waals surface area contributed by atoms with Crippen LogP contribution in [0.1, 0.15) is 18.4 Å². The molecule has 0 N–H and O–H groups in total. The van der Waals surface area contributed by atoms with Crippen LogP contribution in [0, 0.1) is 0 Å². The second-order valence-electron chi connectivity index (χ2n) is 6.55. The van der Waals surface area contributed by atoms with Crippen LogP contribution in [0.2, 0.25) is 0 Å². The summed E-state index contributed by atoms with van der Waals surface area (Å²) in [7, 11) is 4.15. The van der Waals surface area contributed by atoms with Crippen molar-refractivity contribution < 1.29 is 9.47 Å². The largest absolute Gasteiger partial charge is 0.374 e. The van der Waals surface area contributed by atoms with E-state index in [4.69, 9.17) is 9.47 Å². The summed E-state index contributed by atoms with van der Waals surface area (Å²) in [5.41, 5.74) is 1.26. The Morgan fingerprint density at radius 3 is 3.14 bits per heavy atom. The molecule has 22 heavy (non-hydrogen) atoms. The molecule has 0 aliphatic carbocycles. The highest BCUT2D eigenvalue weighted by Gasteiger charge is 2.44. The molecule has 2 aliphatic heterocycles. The van der Waals surface area contributed by atoms with Crippen molar-refractivity contribution >= 4 is 0 Å². The van der Waals surface area contributed by atoms with E-state index in [1.54, 1.807) is 0 Å². The highest BCUT2D eigenvalue weighted by atomic mass is 16.5. The van der Waals surface area contributed by atoms with Gasteiger partial charge in [-0.1, -0.05) is 6.07 Å². The third kappa shape index (κ3) is 3.84. The molecule has 3 rings (SSSR count). The Labute approximate surface area is 133 Å². The lowest BCUT2D eigenvalue weighted by atomic mass is 10.0. The van der Waals surface area contributed by atoms with E-state index in [9.17, 15) is 0 Å². The lowest BCUT2D eigenvalue weighted by Crippen LogP contribution is -2.42. The Morgan fingerprint density at radius 2 is 2.36 bits per heavy atom. The molecule has 3 heterocycles. The molecule has 5 heteroatoms. The van der Waals surface area contributed by atoms with Crippen LogP contribution in [0.3, 0.4) is 0 Å². The van der Waals surface area contributed by atoms with Crippen molar-refractivity contribution in [3.63, 3.8) is 0 Å². The van der Waals surface area contributed by atoms with Crippen LogP contribution >= 0.6 is 0 Å². The molecule has 2 fully saturated rings. The Kier molecular flexibility index (Phi) is 5.41. The maximum absolute atomic E-state index is 6.13. The van der Waals surface area contributed by atoms with Crippen molar-refractivity contribution in [1.29, 1.82) is 0 Å². The van der Waals surface area contributed by atoms with Crippen molar-refractivity contribution in [3.05, 3.63) is 30.1 Å². The zero-order valence-electron chi connectivity index (χ0n) is 13.6. The van der Waals surface area contributed by atoms with E-state index in [2.05, 4.69) is 34.9 Å². The summed E-state index contributed by atoms with van der Waals surface area (Å²) in [6, 6.07) is 4.63. The third-order valence-corrected chi connectivity index (χ3v) is 4.56. The minimum Gasteiger partial charge on any atom is -0.374 e. The van der Waals surface area contributed by atoms with Gasteiger partial charge in [-0.25, -0.2) is 0 Å². The summed E-state index contributed by atoms with van der Waals surface area (Å²) in [4.78, 5) is 8.89. The van der Waals surface area contributed by atoms with Gasteiger partial charge in [-0.05, 0) is 38.6 Å². The summed E-state index contributed by atoms with van der Waals surface area (Å²) < 4.78 is 12.2. The normalized spacial score (nSPS) is 29.0. The van der Waals surface area contributed by atoms with Gasteiger partial charge in [0.2, 0.25) is 0 Å². The van der Waals surface area contributed by atoms with Gasteiger partial charge in [-0.3, -0.25) is 9.88 Å². The summed E-state index contributed by atoms with van der Waals surface area (Å²) in [6.45, 7) is 4.49. The minimum atomic E-state index is 0.196. The molecule has 0 amide bonds. The molecule has 1 aromatic heterocycles. The highest BCUT2D eigenvalue weighted by molar-refractivity contribution is 5.10. The molecule has 0 spiro atoms. The molecule has 0 saturated carbocycles. The zero-order chi connectivity index (χ0) is 15.4. The molecule has 0 unspecified atom stereocenters. The first-order valence-corrected chi connectivity index (χ1v) is 8.25. The molecule has 2 aliphatic rings. The van der Waals surface area contributed by atoms with Crippen molar-refractivity contribution in [2.24, 2.45) is 0 Å². The summed E-state index contributed by atoms with van der Waals surface area (Å²) >= 11 is 0. The fourth-order valence-corrected chi connectivity index (χ4v) is 3.45. The smallest absolute Gasteiger partial charge is 0.100 e. The van der Waals surface area contributed by atoms with Crippen LogP contribution in [0.4, 0.5) is 0 Å². The second-order valence-corrected chi connectivity index (χ2v) is 6.55. The Balaban J connectivity index is 1.61. The third-order valence-electron chi connectivity index (χ3n) is 4.56. The number of rotatable bonds is 6. The predicted molar refractivity (Wildman–Crippen MR) is 85.7 cm³/mol. The van der Waals surface area contributed by atoms with Gasteiger partial charge in [0.1, 0.15) is 6.10 Å². The van der Waals surface area contributed by atoms with E-state index in [0.717, 1.165) is 39.3 Å². The molecule has 0 aromatic carbocycles. The van der Waals surface area contributed by atoms with Crippen LogP contribution in [0.5, 0.6) is 0 Å². The number of hydrogen-bond acceptors (Lipinski definition) is 5. The van der Waals surface area contributed by atoms with Crippen LogP contribution in [0.25, 0.3) is 0 Å². The van der Waals surface area contributed by atoms with Gasteiger partial charge < -0.3 is 14.4 Å². The maximum Gasteiger partial charge on any atom is 0.100 e. The van der Waals surface area contributed by atoms with Gasteiger partial charge in [0, 0.05) is 44.7 Å². The first-order valence-electron chi connectivity index (χ1n) is 8.25. The highest BCUT2D eigenvalue weighted by Crippen LogP contribution is 2.31. The second kappa shape index (κ2) is 7.51. The fourth-order valence-electron chi connectivity index (χ4n) is 3.45. The SMILES string of the molecule is CN(C)CCO[C@H]1CN(Cc2cccnc2)[C@@H]2CCCO[C@H]12. The number of pyridine rings is 1. The Morgan fingerprint density at radius 1 is 1.45 bits per heavy atom. The quantitative estimate of drug-likeness (QED) is 0.794. The number of ether oxygens (including phenoxy) is 2. The lowest BCUT2D eigenvalue weighted by Gasteiger charge is -2.32. The number of hydrogen-bond donors (Lipinski definition) is 0. The van der Waals surface area contributed by atoms with Gasteiger partial charge in [0.05, 0.1) is 12.7 Å². The molecular formula is C17H27N3O2. The van der Waals surface area contributed by atoms with Crippen molar-refractivity contribution in [2.75, 3.05) is 40.4 Å². The first kappa shape index (κ1) is 15.9. The standard InChI is InChI=1S/C17H27N3O2/c1-19(2)8-10-21-16-13-20(12-14-5-3-7-18-11-14)15-6-4-9-22-17(15)16/h3,5,7,11,15-17H,4,6,8-10,12-13H2,1-2H3/t15-,16+,17+/m1/s1. The monoisotopic (exact) mass is 305 g/mol. The van der Waals surface area contributed by atoms with Crippen molar-refractivity contribution in [3.8, 4) is 0 Å². The zero-order valence-corrected chi connectivity index (χ0v) is 13.6. The molecule has 2 saturated heterocycles. The first-order chi connectivity index (χ1) is 10.7. The van der Waals surface area contributed by atoms with Crippen LogP contribution in [-0.2, 0) is 16.0 Å². The Hall–Kier alpha value is -1.01. The molecular weight excluding hydrogens is 278 g/mol.